The van der Waals surface area contributed by atoms with Crippen molar-refractivity contribution >= 4 is 11.8 Å². The second kappa shape index (κ2) is 5.50. The van der Waals surface area contributed by atoms with Gasteiger partial charge in [0.25, 0.3) is 0 Å². The molecular weight excluding hydrogens is 208 g/mol. The van der Waals surface area contributed by atoms with Crippen LogP contribution in [0.25, 0.3) is 0 Å². The first-order valence-electron chi connectivity index (χ1n) is 4.51. The Balaban J connectivity index is 2.70. The first kappa shape index (κ1) is 11.7. The maximum absolute atomic E-state index is 11.5. The van der Waals surface area contributed by atoms with E-state index in [1.807, 2.05) is 0 Å². The van der Waals surface area contributed by atoms with Gasteiger partial charge in [-0.3, -0.25) is 4.79 Å². The van der Waals surface area contributed by atoms with Crippen molar-refractivity contribution in [3.63, 3.8) is 0 Å². The zero-order valence-electron chi connectivity index (χ0n) is 8.33. The number of carboxylic acids is 1. The lowest BCUT2D eigenvalue weighted by Gasteiger charge is -1.92. The molecule has 0 heterocycles. The van der Waals surface area contributed by atoms with E-state index in [1.54, 1.807) is 30.3 Å². The van der Waals surface area contributed by atoms with Gasteiger partial charge in [0.1, 0.15) is 0 Å². The number of ketones is 1. The van der Waals surface area contributed by atoms with Gasteiger partial charge in [0.05, 0.1) is 0 Å². The van der Waals surface area contributed by atoms with E-state index in [9.17, 15) is 9.59 Å². The summed E-state index contributed by atoms with van der Waals surface area (Å²) < 4.78 is 0. The summed E-state index contributed by atoms with van der Waals surface area (Å²) in [7, 11) is 0. The Morgan fingerprint density at radius 3 is 2.25 bits per heavy atom. The lowest BCUT2D eigenvalue weighted by molar-refractivity contribution is -0.135. The van der Waals surface area contributed by atoms with Gasteiger partial charge in [-0.05, 0) is 12.2 Å². The van der Waals surface area contributed by atoms with E-state index in [1.165, 1.54) is 12.2 Å². The van der Waals surface area contributed by atoms with Crippen LogP contribution in [-0.4, -0.2) is 22.0 Å². The number of benzene rings is 1. The molecule has 0 aromatic heterocycles. The van der Waals surface area contributed by atoms with Crippen molar-refractivity contribution in [2.45, 2.75) is 0 Å². The van der Waals surface area contributed by atoms with Crippen LogP contribution >= 0.6 is 0 Å². The second-order valence-electron chi connectivity index (χ2n) is 2.95. The SMILES string of the molecule is O=C(O)/C(O)=C/C=C/C(=O)c1ccccc1. The number of carbonyl (C=O) groups excluding carboxylic acids is 1. The highest BCUT2D eigenvalue weighted by Crippen LogP contribution is 2.01. The lowest BCUT2D eigenvalue weighted by atomic mass is 10.1. The average molecular weight is 218 g/mol. The normalized spacial score (nSPS) is 11.6. The summed E-state index contributed by atoms with van der Waals surface area (Å²) in [4.78, 5) is 21.7. The van der Waals surface area contributed by atoms with E-state index in [4.69, 9.17) is 10.2 Å². The highest BCUT2D eigenvalue weighted by atomic mass is 16.4. The minimum atomic E-state index is -1.43. The average Bonchev–Trinajstić information content (AvgIpc) is 2.29. The Labute approximate surface area is 92.2 Å². The van der Waals surface area contributed by atoms with Gasteiger partial charge >= 0.3 is 5.97 Å². The number of hydrogen-bond acceptors (Lipinski definition) is 3. The highest BCUT2D eigenvalue weighted by molar-refractivity contribution is 6.04. The fraction of sp³-hybridized carbons (Fsp3) is 0. The molecule has 1 aromatic rings. The van der Waals surface area contributed by atoms with Gasteiger partial charge in [0.2, 0.25) is 5.76 Å². The van der Waals surface area contributed by atoms with Crippen molar-refractivity contribution in [3.05, 3.63) is 59.9 Å². The zero-order chi connectivity index (χ0) is 12.0. The molecule has 82 valence electrons. The van der Waals surface area contributed by atoms with Crippen molar-refractivity contribution in [1.29, 1.82) is 0 Å². The minimum absolute atomic E-state index is 0.255. The van der Waals surface area contributed by atoms with E-state index in [0.717, 1.165) is 6.08 Å². The highest BCUT2D eigenvalue weighted by Gasteiger charge is 2.01. The maximum atomic E-state index is 11.5. The molecule has 0 saturated heterocycles. The van der Waals surface area contributed by atoms with Crippen LogP contribution in [0.1, 0.15) is 10.4 Å². The predicted molar refractivity (Wildman–Crippen MR) is 58.3 cm³/mol. The van der Waals surface area contributed by atoms with Crippen LogP contribution in [0.3, 0.4) is 0 Å². The zero-order valence-corrected chi connectivity index (χ0v) is 8.33. The van der Waals surface area contributed by atoms with Gasteiger partial charge < -0.3 is 10.2 Å². The summed E-state index contributed by atoms with van der Waals surface area (Å²) in [5, 5.41) is 17.1. The van der Waals surface area contributed by atoms with Crippen LogP contribution in [0.2, 0.25) is 0 Å². The van der Waals surface area contributed by atoms with Crippen molar-refractivity contribution in [1.82, 2.24) is 0 Å². The minimum Gasteiger partial charge on any atom is -0.502 e. The number of aliphatic hydroxyl groups excluding tert-OH is 1. The van der Waals surface area contributed by atoms with Crippen LogP contribution in [0, 0.1) is 0 Å². The first-order chi connectivity index (χ1) is 7.61. The van der Waals surface area contributed by atoms with E-state index in [2.05, 4.69) is 0 Å². The van der Waals surface area contributed by atoms with Gasteiger partial charge in [-0.2, -0.15) is 0 Å². The molecule has 16 heavy (non-hydrogen) atoms. The van der Waals surface area contributed by atoms with E-state index < -0.39 is 11.7 Å². The third-order valence-electron chi connectivity index (χ3n) is 1.78. The fourth-order valence-electron chi connectivity index (χ4n) is 0.997. The number of carbonyl (C=O) groups is 2. The van der Waals surface area contributed by atoms with Crippen LogP contribution in [0.15, 0.2) is 54.3 Å². The molecule has 0 spiro atoms. The molecule has 0 saturated carbocycles. The van der Waals surface area contributed by atoms with Crippen LogP contribution in [0.4, 0.5) is 0 Å². The number of allylic oxidation sites excluding steroid dienone is 3. The van der Waals surface area contributed by atoms with Crippen molar-refractivity contribution < 1.29 is 19.8 Å². The number of hydrogen-bond donors (Lipinski definition) is 2. The topological polar surface area (TPSA) is 74.6 Å². The lowest BCUT2D eigenvalue weighted by Crippen LogP contribution is -1.98. The van der Waals surface area contributed by atoms with Gasteiger partial charge in [0, 0.05) is 5.56 Å². The molecule has 0 amide bonds. The van der Waals surface area contributed by atoms with E-state index >= 15 is 0 Å². The number of carboxylic acid groups (broad SMARTS) is 1. The number of aliphatic hydroxyl groups is 1. The molecule has 2 N–H and O–H groups in total. The van der Waals surface area contributed by atoms with Gasteiger partial charge in [-0.1, -0.05) is 36.4 Å². The van der Waals surface area contributed by atoms with Crippen LogP contribution in [0.5, 0.6) is 0 Å². The molecule has 4 heteroatoms. The molecule has 0 bridgehead atoms. The molecule has 0 aliphatic heterocycles. The summed E-state index contributed by atoms with van der Waals surface area (Å²) in [5.41, 5.74) is 0.502. The Kier molecular flexibility index (Phi) is 4.03. The first-order valence-corrected chi connectivity index (χ1v) is 4.51. The molecule has 1 rings (SSSR count). The molecular formula is C12H10O4. The quantitative estimate of drug-likeness (QED) is 0.350. The largest absolute Gasteiger partial charge is 0.502 e. The molecule has 0 aliphatic carbocycles. The Morgan fingerprint density at radius 1 is 1.06 bits per heavy atom. The third-order valence-corrected chi connectivity index (χ3v) is 1.78. The summed E-state index contributed by atoms with van der Waals surface area (Å²) >= 11 is 0. The number of aliphatic carboxylic acids is 1. The molecule has 1 aromatic carbocycles. The summed E-state index contributed by atoms with van der Waals surface area (Å²) in [6.45, 7) is 0. The Hall–Kier alpha value is -2.36. The molecule has 0 radical (unpaired) electrons. The third kappa shape index (κ3) is 3.42. The van der Waals surface area contributed by atoms with Crippen LogP contribution < -0.4 is 0 Å². The van der Waals surface area contributed by atoms with Crippen molar-refractivity contribution in [3.8, 4) is 0 Å². The van der Waals surface area contributed by atoms with E-state index in [-0.39, 0.29) is 5.78 Å². The molecule has 0 fully saturated rings. The molecule has 4 nitrogen and oxygen atoms in total. The summed E-state index contributed by atoms with van der Waals surface area (Å²) in [6, 6.07) is 8.54. The Bertz CT molecular complexity index is 443. The maximum Gasteiger partial charge on any atom is 0.370 e. The fourth-order valence-corrected chi connectivity index (χ4v) is 0.997. The summed E-state index contributed by atoms with van der Waals surface area (Å²) in [6.07, 6.45) is 3.33. The summed E-state index contributed by atoms with van der Waals surface area (Å²) in [5.74, 6) is -2.50. The van der Waals surface area contributed by atoms with Gasteiger partial charge in [-0.25, -0.2) is 4.79 Å². The second-order valence-corrected chi connectivity index (χ2v) is 2.95. The predicted octanol–water partition coefficient (Wildman–Crippen LogP) is 1.95. The number of rotatable bonds is 4. The smallest absolute Gasteiger partial charge is 0.370 e. The van der Waals surface area contributed by atoms with Gasteiger partial charge in [0.15, 0.2) is 5.78 Å². The molecule has 0 aliphatic rings. The van der Waals surface area contributed by atoms with Crippen molar-refractivity contribution in [2.24, 2.45) is 0 Å². The Morgan fingerprint density at radius 2 is 1.69 bits per heavy atom. The standard InChI is InChI=1S/C12H10O4/c13-10(9-5-2-1-3-6-9)7-4-8-11(14)12(15)16/h1-8,14H,(H,15,16)/b7-4+,11-8-. The van der Waals surface area contributed by atoms with E-state index in [0.29, 0.717) is 5.56 Å². The molecule has 0 atom stereocenters. The van der Waals surface area contributed by atoms with Crippen molar-refractivity contribution in [2.75, 3.05) is 0 Å². The molecule has 0 unspecified atom stereocenters. The van der Waals surface area contributed by atoms with Crippen LogP contribution in [-0.2, 0) is 4.79 Å². The van der Waals surface area contributed by atoms with Gasteiger partial charge in [-0.15, -0.1) is 0 Å². The monoisotopic (exact) mass is 218 g/mol.